The molecule has 21 heavy (non-hydrogen) atoms. The van der Waals surface area contributed by atoms with Crippen molar-refractivity contribution >= 4 is 0 Å². The third-order valence-electron chi connectivity index (χ3n) is 3.49. The fourth-order valence-electron chi connectivity index (χ4n) is 2.45. The second kappa shape index (κ2) is 5.87. The Hall–Kier alpha value is -2.50. The van der Waals surface area contributed by atoms with Gasteiger partial charge in [0, 0.05) is 18.1 Å². The Labute approximate surface area is 123 Å². The van der Waals surface area contributed by atoms with Crippen LogP contribution in [-0.4, -0.2) is 14.8 Å². The Bertz CT molecular complexity index is 720. The van der Waals surface area contributed by atoms with Gasteiger partial charge in [-0.3, -0.25) is 10.8 Å². The first-order valence-corrected chi connectivity index (χ1v) is 6.78. The minimum absolute atomic E-state index is 0.165. The van der Waals surface area contributed by atoms with Crippen molar-refractivity contribution in [3.05, 3.63) is 77.9 Å². The molecule has 0 spiro atoms. The van der Waals surface area contributed by atoms with Crippen LogP contribution < -0.4 is 11.3 Å². The summed E-state index contributed by atoms with van der Waals surface area (Å²) in [6.45, 7) is 1.98. The van der Waals surface area contributed by atoms with Crippen molar-refractivity contribution in [1.29, 1.82) is 0 Å². The van der Waals surface area contributed by atoms with Crippen molar-refractivity contribution in [1.82, 2.24) is 20.2 Å². The highest BCUT2D eigenvalue weighted by Crippen LogP contribution is 2.24. The number of pyridine rings is 1. The van der Waals surface area contributed by atoms with Crippen LogP contribution in [0.2, 0.25) is 0 Å². The standard InChI is InChI=1S/C16H17N5/c1-12-14(8-5-10-18-12)16(20-17)15-9-11-19-21(15)13-6-3-2-4-7-13/h2-11,16,20H,17H2,1H3. The third-order valence-corrected chi connectivity index (χ3v) is 3.49. The van der Waals surface area contributed by atoms with Crippen molar-refractivity contribution in [2.45, 2.75) is 13.0 Å². The fraction of sp³-hybridized carbons (Fsp3) is 0.125. The average Bonchev–Trinajstić information content (AvgIpc) is 3.00. The predicted molar refractivity (Wildman–Crippen MR) is 81.7 cm³/mol. The van der Waals surface area contributed by atoms with E-state index in [9.17, 15) is 0 Å². The molecule has 2 heterocycles. The first-order chi connectivity index (χ1) is 10.3. The molecule has 0 radical (unpaired) electrons. The number of aromatic nitrogens is 3. The Balaban J connectivity index is 2.08. The van der Waals surface area contributed by atoms with Crippen LogP contribution in [0.1, 0.15) is 23.0 Å². The topological polar surface area (TPSA) is 68.8 Å². The highest BCUT2D eigenvalue weighted by Gasteiger charge is 2.19. The largest absolute Gasteiger partial charge is 0.271 e. The molecular formula is C16H17N5. The summed E-state index contributed by atoms with van der Waals surface area (Å²) in [5.74, 6) is 5.79. The molecule has 3 aromatic rings. The Morgan fingerprint density at radius 2 is 1.86 bits per heavy atom. The molecular weight excluding hydrogens is 262 g/mol. The molecule has 0 bridgehead atoms. The first kappa shape index (κ1) is 13.5. The molecule has 2 aromatic heterocycles. The lowest BCUT2D eigenvalue weighted by atomic mass is 10.0. The molecule has 106 valence electrons. The number of hydrogen-bond acceptors (Lipinski definition) is 4. The van der Waals surface area contributed by atoms with Gasteiger partial charge < -0.3 is 0 Å². The van der Waals surface area contributed by atoms with Crippen LogP contribution in [0.5, 0.6) is 0 Å². The molecule has 1 aromatic carbocycles. The zero-order valence-electron chi connectivity index (χ0n) is 11.8. The molecule has 0 saturated heterocycles. The molecule has 0 fully saturated rings. The number of aryl methyl sites for hydroxylation is 1. The lowest BCUT2D eigenvalue weighted by molar-refractivity contribution is 0.592. The minimum atomic E-state index is -0.165. The molecule has 0 saturated carbocycles. The van der Waals surface area contributed by atoms with E-state index in [0.29, 0.717) is 0 Å². The molecule has 1 atom stereocenters. The van der Waals surface area contributed by atoms with E-state index in [1.165, 1.54) is 0 Å². The van der Waals surface area contributed by atoms with Crippen LogP contribution in [0, 0.1) is 6.92 Å². The van der Waals surface area contributed by atoms with E-state index in [4.69, 9.17) is 5.84 Å². The lowest BCUT2D eigenvalue weighted by Crippen LogP contribution is -2.31. The number of nitrogens with zero attached hydrogens (tertiary/aromatic N) is 3. The number of nitrogens with one attached hydrogen (secondary N) is 1. The first-order valence-electron chi connectivity index (χ1n) is 6.78. The molecule has 3 rings (SSSR count). The van der Waals surface area contributed by atoms with Crippen LogP contribution in [-0.2, 0) is 0 Å². The second-order valence-electron chi connectivity index (χ2n) is 4.78. The molecule has 0 amide bonds. The monoisotopic (exact) mass is 279 g/mol. The van der Waals surface area contributed by atoms with Gasteiger partial charge in [0.05, 0.1) is 17.4 Å². The predicted octanol–water partition coefficient (Wildman–Crippen LogP) is 2.13. The summed E-state index contributed by atoms with van der Waals surface area (Å²) in [4.78, 5) is 4.34. The van der Waals surface area contributed by atoms with E-state index in [1.54, 1.807) is 12.4 Å². The van der Waals surface area contributed by atoms with Gasteiger partial charge in [-0.05, 0) is 36.8 Å². The highest BCUT2D eigenvalue weighted by atomic mass is 15.3. The average molecular weight is 279 g/mol. The van der Waals surface area contributed by atoms with Gasteiger partial charge in [0.25, 0.3) is 0 Å². The summed E-state index contributed by atoms with van der Waals surface area (Å²) >= 11 is 0. The van der Waals surface area contributed by atoms with E-state index < -0.39 is 0 Å². The van der Waals surface area contributed by atoms with E-state index in [-0.39, 0.29) is 6.04 Å². The summed E-state index contributed by atoms with van der Waals surface area (Å²) in [6, 6.07) is 15.7. The van der Waals surface area contributed by atoms with Crippen molar-refractivity contribution in [2.24, 2.45) is 5.84 Å². The van der Waals surface area contributed by atoms with E-state index in [2.05, 4.69) is 15.5 Å². The molecule has 5 nitrogen and oxygen atoms in total. The van der Waals surface area contributed by atoms with Gasteiger partial charge in [0.2, 0.25) is 0 Å². The van der Waals surface area contributed by atoms with Gasteiger partial charge in [0.15, 0.2) is 0 Å². The van der Waals surface area contributed by atoms with Gasteiger partial charge in [-0.25, -0.2) is 10.1 Å². The summed E-state index contributed by atoms with van der Waals surface area (Å²) < 4.78 is 1.89. The van der Waals surface area contributed by atoms with Crippen molar-refractivity contribution in [3.8, 4) is 5.69 Å². The van der Waals surface area contributed by atoms with Gasteiger partial charge in [0.1, 0.15) is 0 Å². The van der Waals surface area contributed by atoms with Gasteiger partial charge in [-0.15, -0.1) is 0 Å². The maximum Gasteiger partial charge on any atom is 0.0900 e. The molecule has 0 aliphatic carbocycles. The van der Waals surface area contributed by atoms with Gasteiger partial charge in [-0.1, -0.05) is 24.3 Å². The van der Waals surface area contributed by atoms with Crippen LogP contribution in [0.4, 0.5) is 0 Å². The molecule has 0 aliphatic heterocycles. The second-order valence-corrected chi connectivity index (χ2v) is 4.78. The number of hydrogen-bond donors (Lipinski definition) is 2. The van der Waals surface area contributed by atoms with Gasteiger partial charge in [-0.2, -0.15) is 5.10 Å². The number of rotatable bonds is 4. The Morgan fingerprint density at radius 1 is 1.05 bits per heavy atom. The number of para-hydroxylation sites is 1. The van der Waals surface area contributed by atoms with E-state index in [0.717, 1.165) is 22.6 Å². The SMILES string of the molecule is Cc1ncccc1C(NN)c1ccnn1-c1ccccc1. The maximum atomic E-state index is 5.79. The molecule has 1 unspecified atom stereocenters. The number of nitrogens with two attached hydrogens (primary N) is 1. The normalized spacial score (nSPS) is 12.3. The zero-order valence-corrected chi connectivity index (χ0v) is 11.8. The van der Waals surface area contributed by atoms with Crippen molar-refractivity contribution < 1.29 is 0 Å². The third kappa shape index (κ3) is 2.56. The van der Waals surface area contributed by atoms with E-state index >= 15 is 0 Å². The summed E-state index contributed by atoms with van der Waals surface area (Å²) in [5.41, 5.74) is 6.83. The van der Waals surface area contributed by atoms with E-state index in [1.807, 2.05) is 60.1 Å². The van der Waals surface area contributed by atoms with Crippen LogP contribution in [0.3, 0.4) is 0 Å². The Kier molecular flexibility index (Phi) is 3.77. The maximum absolute atomic E-state index is 5.79. The quantitative estimate of drug-likeness (QED) is 0.567. The molecule has 5 heteroatoms. The number of hydrazine groups is 1. The summed E-state index contributed by atoms with van der Waals surface area (Å²) in [7, 11) is 0. The van der Waals surface area contributed by atoms with Crippen LogP contribution >= 0.6 is 0 Å². The zero-order chi connectivity index (χ0) is 14.7. The smallest absolute Gasteiger partial charge is 0.0900 e. The van der Waals surface area contributed by atoms with Crippen molar-refractivity contribution in [2.75, 3.05) is 0 Å². The molecule has 3 N–H and O–H groups in total. The highest BCUT2D eigenvalue weighted by molar-refractivity contribution is 5.37. The summed E-state index contributed by atoms with van der Waals surface area (Å²) in [6.07, 6.45) is 3.55. The Morgan fingerprint density at radius 3 is 2.57 bits per heavy atom. The van der Waals surface area contributed by atoms with Crippen LogP contribution in [0.25, 0.3) is 5.69 Å². The lowest BCUT2D eigenvalue weighted by Gasteiger charge is -2.19. The van der Waals surface area contributed by atoms with Gasteiger partial charge >= 0.3 is 0 Å². The molecule has 0 aliphatic rings. The number of benzene rings is 1. The fourth-order valence-corrected chi connectivity index (χ4v) is 2.45. The summed E-state index contributed by atoms with van der Waals surface area (Å²) in [5, 5.41) is 4.41. The van der Waals surface area contributed by atoms with Crippen LogP contribution in [0.15, 0.2) is 60.9 Å². The minimum Gasteiger partial charge on any atom is -0.271 e. The van der Waals surface area contributed by atoms with Crippen molar-refractivity contribution in [3.63, 3.8) is 0 Å².